The van der Waals surface area contributed by atoms with Gasteiger partial charge in [-0.25, -0.2) is 8.78 Å². The zero-order valence-corrected chi connectivity index (χ0v) is 16.1. The number of nitrogen functional groups attached to an aromatic ring is 1. The molecule has 0 amide bonds. The van der Waals surface area contributed by atoms with Gasteiger partial charge in [0.05, 0.1) is 12.8 Å². The Balaban J connectivity index is 1.51. The molecule has 0 aliphatic carbocycles. The molecule has 5 rings (SSSR count). The second kappa shape index (κ2) is 6.97. The fraction of sp³-hybridized carbons (Fsp3) is 0.150. The molecule has 0 spiro atoms. The van der Waals surface area contributed by atoms with Crippen LogP contribution in [-0.2, 0) is 18.6 Å². The second-order valence-corrected chi connectivity index (χ2v) is 7.22. The summed E-state index contributed by atoms with van der Waals surface area (Å²) < 4.78 is 36.4. The quantitative estimate of drug-likeness (QED) is 0.389. The largest absolute Gasteiger partial charge is 0.465 e. The van der Waals surface area contributed by atoms with Crippen LogP contribution in [0.15, 0.2) is 59.3 Å². The number of anilines is 2. The van der Waals surface area contributed by atoms with E-state index in [2.05, 4.69) is 20.7 Å². The van der Waals surface area contributed by atoms with Crippen molar-refractivity contribution in [1.82, 2.24) is 19.2 Å². The maximum absolute atomic E-state index is 14.2. The van der Waals surface area contributed by atoms with Gasteiger partial charge in [0.25, 0.3) is 0 Å². The fourth-order valence-electron chi connectivity index (χ4n) is 3.72. The summed E-state index contributed by atoms with van der Waals surface area (Å²) in [5.74, 6) is -0.388. The Bertz CT molecular complexity index is 1310. The zero-order valence-electron chi connectivity index (χ0n) is 16.1. The molecule has 11 heteroatoms. The monoisotopic (exact) mass is 424 g/mol. The van der Waals surface area contributed by atoms with Crippen LogP contribution in [0.2, 0.25) is 0 Å². The van der Waals surface area contributed by atoms with Crippen molar-refractivity contribution in [2.75, 3.05) is 16.5 Å². The molecule has 4 aromatic rings. The SMILES string of the molecule is N=c1nc(N)nc2n1NC(Cc1cccn1Cc1ccc(F)cc1F)(c1ccco1)N2. The molecule has 0 radical (unpaired) electrons. The summed E-state index contributed by atoms with van der Waals surface area (Å²) in [5, 5.41) is 11.3. The third kappa shape index (κ3) is 3.29. The normalized spacial score (nSPS) is 17.2. The first-order chi connectivity index (χ1) is 14.9. The summed E-state index contributed by atoms with van der Waals surface area (Å²) in [6.45, 7) is 0.221. The lowest BCUT2D eigenvalue weighted by Gasteiger charge is -2.28. The average molecular weight is 424 g/mol. The van der Waals surface area contributed by atoms with Gasteiger partial charge in [-0.2, -0.15) is 14.6 Å². The number of nitrogens with one attached hydrogen (secondary N) is 3. The minimum Gasteiger partial charge on any atom is -0.465 e. The third-order valence-corrected chi connectivity index (χ3v) is 5.16. The van der Waals surface area contributed by atoms with Crippen LogP contribution in [0.1, 0.15) is 17.0 Å². The second-order valence-electron chi connectivity index (χ2n) is 7.22. The molecular weight excluding hydrogens is 406 g/mol. The maximum Gasteiger partial charge on any atom is 0.247 e. The Morgan fingerprint density at radius 3 is 2.81 bits per heavy atom. The highest BCUT2D eigenvalue weighted by Gasteiger charge is 2.43. The van der Waals surface area contributed by atoms with Crippen LogP contribution in [0.3, 0.4) is 0 Å². The van der Waals surface area contributed by atoms with E-state index >= 15 is 0 Å². The molecule has 1 atom stereocenters. The molecule has 5 N–H and O–H groups in total. The average Bonchev–Trinajstić information content (AvgIpc) is 3.45. The maximum atomic E-state index is 14.2. The summed E-state index contributed by atoms with van der Waals surface area (Å²) >= 11 is 0. The summed E-state index contributed by atoms with van der Waals surface area (Å²) in [7, 11) is 0. The van der Waals surface area contributed by atoms with Gasteiger partial charge in [0.15, 0.2) is 11.4 Å². The molecule has 0 fully saturated rings. The van der Waals surface area contributed by atoms with E-state index in [-0.39, 0.29) is 18.1 Å². The van der Waals surface area contributed by atoms with Crippen LogP contribution < -0.4 is 22.1 Å². The molecule has 0 bridgehead atoms. The highest BCUT2D eigenvalue weighted by atomic mass is 19.1. The van der Waals surface area contributed by atoms with Crippen LogP contribution >= 0.6 is 0 Å². The molecular formula is C20H18F2N8O. The standard InChI is InChI=1S/C20H18F2N8O/c21-13-6-5-12(15(22)9-13)11-29-7-1-3-14(29)10-20(16-4-2-8-31-16)27-19-26-17(23)25-18(24)30(19)28-20/h1-9,28H,10-11H2,(H4,23,24,25,26,27). The van der Waals surface area contributed by atoms with E-state index in [1.807, 2.05) is 22.9 Å². The highest BCUT2D eigenvalue weighted by Crippen LogP contribution is 2.33. The Morgan fingerprint density at radius 1 is 1.16 bits per heavy atom. The summed E-state index contributed by atoms with van der Waals surface area (Å²) in [6, 6.07) is 10.8. The molecule has 4 heterocycles. The van der Waals surface area contributed by atoms with E-state index in [0.717, 1.165) is 11.8 Å². The third-order valence-electron chi connectivity index (χ3n) is 5.16. The summed E-state index contributed by atoms with van der Waals surface area (Å²) in [4.78, 5) is 8.03. The Morgan fingerprint density at radius 2 is 2.03 bits per heavy atom. The number of benzene rings is 1. The van der Waals surface area contributed by atoms with Crippen molar-refractivity contribution < 1.29 is 13.2 Å². The van der Waals surface area contributed by atoms with Crippen molar-refractivity contribution in [3.63, 3.8) is 0 Å². The first-order valence-electron chi connectivity index (χ1n) is 9.43. The van der Waals surface area contributed by atoms with E-state index in [1.54, 1.807) is 18.4 Å². The van der Waals surface area contributed by atoms with Crippen LogP contribution in [0.25, 0.3) is 0 Å². The minimum absolute atomic E-state index is 0.0315. The minimum atomic E-state index is -0.994. The predicted molar refractivity (Wildman–Crippen MR) is 107 cm³/mol. The molecule has 158 valence electrons. The van der Waals surface area contributed by atoms with E-state index < -0.39 is 17.3 Å². The smallest absolute Gasteiger partial charge is 0.247 e. The summed E-state index contributed by atoms with van der Waals surface area (Å²) in [5.41, 5.74) is 8.98. The van der Waals surface area contributed by atoms with Crippen LogP contribution in [0, 0.1) is 17.0 Å². The zero-order chi connectivity index (χ0) is 21.6. The number of rotatable bonds is 5. The Labute approximate surface area is 174 Å². The number of nitrogens with zero attached hydrogens (tertiary/aromatic N) is 4. The van der Waals surface area contributed by atoms with Crippen molar-refractivity contribution in [2.24, 2.45) is 0 Å². The lowest BCUT2D eigenvalue weighted by molar-refractivity contribution is 0.387. The van der Waals surface area contributed by atoms with E-state index in [1.165, 1.54) is 16.8 Å². The van der Waals surface area contributed by atoms with Crippen molar-refractivity contribution in [3.8, 4) is 0 Å². The van der Waals surface area contributed by atoms with E-state index in [4.69, 9.17) is 15.6 Å². The van der Waals surface area contributed by atoms with Gasteiger partial charge in [0.1, 0.15) is 11.6 Å². The first kappa shape index (κ1) is 18.9. The van der Waals surface area contributed by atoms with E-state index in [0.29, 0.717) is 23.7 Å². The molecule has 0 saturated carbocycles. The van der Waals surface area contributed by atoms with Gasteiger partial charge in [-0.1, -0.05) is 6.07 Å². The number of hydrogen-bond acceptors (Lipinski definition) is 7. The van der Waals surface area contributed by atoms with Gasteiger partial charge in [0, 0.05) is 29.9 Å². The lowest BCUT2D eigenvalue weighted by Crippen LogP contribution is -2.45. The molecule has 1 unspecified atom stereocenters. The fourth-order valence-corrected chi connectivity index (χ4v) is 3.72. The highest BCUT2D eigenvalue weighted by molar-refractivity contribution is 5.45. The number of aromatic nitrogens is 4. The van der Waals surface area contributed by atoms with Crippen LogP contribution in [-0.4, -0.2) is 19.2 Å². The number of nitrogens with two attached hydrogens (primary N) is 1. The van der Waals surface area contributed by atoms with Gasteiger partial charge in [0.2, 0.25) is 17.5 Å². The molecule has 0 saturated heterocycles. The van der Waals surface area contributed by atoms with Gasteiger partial charge in [-0.15, -0.1) is 0 Å². The molecule has 1 aliphatic rings. The molecule has 9 nitrogen and oxygen atoms in total. The number of fused-ring (bicyclic) bond motifs is 1. The first-order valence-corrected chi connectivity index (χ1v) is 9.43. The molecule has 31 heavy (non-hydrogen) atoms. The van der Waals surface area contributed by atoms with Crippen LogP contribution in [0.5, 0.6) is 0 Å². The topological polar surface area (TPSA) is 123 Å². The number of hydrogen-bond donors (Lipinski definition) is 4. The molecule has 3 aromatic heterocycles. The van der Waals surface area contributed by atoms with E-state index in [9.17, 15) is 8.78 Å². The van der Waals surface area contributed by atoms with Crippen molar-refractivity contribution in [1.29, 1.82) is 5.41 Å². The van der Waals surface area contributed by atoms with Gasteiger partial charge in [-0.05, 0) is 30.3 Å². The van der Waals surface area contributed by atoms with Gasteiger partial charge < -0.3 is 20.0 Å². The van der Waals surface area contributed by atoms with Gasteiger partial charge >= 0.3 is 0 Å². The predicted octanol–water partition coefficient (Wildman–Crippen LogP) is 2.13. The van der Waals surface area contributed by atoms with Crippen molar-refractivity contribution >= 4 is 11.9 Å². The lowest BCUT2D eigenvalue weighted by atomic mass is 10.0. The number of halogens is 2. The van der Waals surface area contributed by atoms with Crippen LogP contribution in [0.4, 0.5) is 20.7 Å². The van der Waals surface area contributed by atoms with Crippen molar-refractivity contribution in [3.05, 3.63) is 89.2 Å². The van der Waals surface area contributed by atoms with Gasteiger partial charge in [-0.3, -0.25) is 10.8 Å². The Hall–Kier alpha value is -4.15. The molecule has 1 aromatic carbocycles. The molecule has 1 aliphatic heterocycles. The van der Waals surface area contributed by atoms with Crippen molar-refractivity contribution in [2.45, 2.75) is 18.6 Å². The summed E-state index contributed by atoms with van der Waals surface area (Å²) in [6.07, 6.45) is 3.71. The number of furan rings is 1. The Kier molecular flexibility index (Phi) is 4.24.